The lowest BCUT2D eigenvalue weighted by atomic mass is 9.93. The molecule has 0 amide bonds. The molecule has 22 heavy (non-hydrogen) atoms. The summed E-state index contributed by atoms with van der Waals surface area (Å²) in [5.41, 5.74) is -1.10. The molecular formula is C15H19F3N2O2. The van der Waals surface area contributed by atoms with Crippen LogP contribution < -0.4 is 4.90 Å². The van der Waals surface area contributed by atoms with Crippen LogP contribution in [-0.2, 0) is 15.7 Å². The molecule has 0 aromatic carbocycles. The first kappa shape index (κ1) is 15.6. The molecule has 3 heterocycles. The number of morpholine rings is 1. The van der Waals surface area contributed by atoms with Crippen molar-refractivity contribution in [1.29, 1.82) is 0 Å². The van der Waals surface area contributed by atoms with Gasteiger partial charge in [0.25, 0.3) is 0 Å². The number of nitrogens with zero attached hydrogens (tertiary/aromatic N) is 2. The van der Waals surface area contributed by atoms with Crippen LogP contribution in [-0.4, -0.2) is 43.0 Å². The normalized spacial score (nSPS) is 29.8. The number of aromatic nitrogens is 1. The van der Waals surface area contributed by atoms with Gasteiger partial charge in [0.2, 0.25) is 0 Å². The number of hydrogen-bond acceptors (Lipinski definition) is 4. The van der Waals surface area contributed by atoms with Gasteiger partial charge in [-0.2, -0.15) is 13.2 Å². The summed E-state index contributed by atoms with van der Waals surface area (Å²) in [7, 11) is 0. The van der Waals surface area contributed by atoms with E-state index in [4.69, 9.17) is 9.47 Å². The molecule has 122 valence electrons. The van der Waals surface area contributed by atoms with Crippen molar-refractivity contribution in [3.8, 4) is 0 Å². The highest BCUT2D eigenvalue weighted by Gasteiger charge is 2.41. The van der Waals surface area contributed by atoms with Gasteiger partial charge in [-0.05, 0) is 31.9 Å². The Bertz CT molecular complexity index is 513. The van der Waals surface area contributed by atoms with Crippen molar-refractivity contribution < 1.29 is 22.6 Å². The molecule has 4 nitrogen and oxygen atoms in total. The molecule has 1 spiro atoms. The molecule has 2 fully saturated rings. The van der Waals surface area contributed by atoms with E-state index >= 15 is 0 Å². The minimum Gasteiger partial charge on any atom is -0.378 e. The van der Waals surface area contributed by atoms with Crippen LogP contribution in [0.3, 0.4) is 0 Å². The molecular weight excluding hydrogens is 297 g/mol. The maximum absolute atomic E-state index is 12.6. The average molecular weight is 316 g/mol. The minimum atomic E-state index is -4.36. The summed E-state index contributed by atoms with van der Waals surface area (Å²) >= 11 is 0. The van der Waals surface area contributed by atoms with E-state index in [0.717, 1.165) is 31.7 Å². The Labute approximate surface area is 127 Å². The molecule has 2 unspecified atom stereocenters. The fourth-order valence-corrected chi connectivity index (χ4v) is 3.18. The number of hydrogen-bond donors (Lipinski definition) is 0. The van der Waals surface area contributed by atoms with Crippen LogP contribution in [0.25, 0.3) is 0 Å². The summed E-state index contributed by atoms with van der Waals surface area (Å²) in [6.07, 6.45) is -1.66. The Balaban J connectivity index is 1.78. The van der Waals surface area contributed by atoms with Gasteiger partial charge in [-0.3, -0.25) is 0 Å². The van der Waals surface area contributed by atoms with Gasteiger partial charge in [-0.15, -0.1) is 0 Å². The molecule has 0 aliphatic carbocycles. The Hall–Kier alpha value is -1.34. The predicted molar refractivity (Wildman–Crippen MR) is 74.8 cm³/mol. The zero-order chi connectivity index (χ0) is 15.8. The molecule has 7 heteroatoms. The fraction of sp³-hybridized carbons (Fsp3) is 0.667. The van der Waals surface area contributed by atoms with Crippen LogP contribution in [0.2, 0.25) is 0 Å². The Morgan fingerprint density at radius 3 is 2.77 bits per heavy atom. The summed E-state index contributed by atoms with van der Waals surface area (Å²) in [4.78, 5) is 5.98. The Kier molecular flexibility index (Phi) is 4.03. The van der Waals surface area contributed by atoms with Crippen molar-refractivity contribution in [2.75, 3.05) is 31.2 Å². The molecule has 0 saturated carbocycles. The largest absolute Gasteiger partial charge is 0.417 e. The van der Waals surface area contributed by atoms with Gasteiger partial charge in [-0.25, -0.2) is 4.98 Å². The van der Waals surface area contributed by atoms with Crippen LogP contribution in [0.15, 0.2) is 18.3 Å². The zero-order valence-electron chi connectivity index (χ0n) is 12.4. The van der Waals surface area contributed by atoms with Crippen LogP contribution in [0.1, 0.15) is 25.3 Å². The van der Waals surface area contributed by atoms with E-state index in [2.05, 4.69) is 4.98 Å². The third-order valence-electron chi connectivity index (χ3n) is 4.09. The van der Waals surface area contributed by atoms with E-state index in [1.54, 1.807) is 0 Å². The highest BCUT2D eigenvalue weighted by molar-refractivity contribution is 5.41. The van der Waals surface area contributed by atoms with Crippen molar-refractivity contribution in [2.24, 2.45) is 0 Å². The van der Waals surface area contributed by atoms with E-state index in [1.165, 1.54) is 6.07 Å². The zero-order valence-corrected chi connectivity index (χ0v) is 12.4. The summed E-state index contributed by atoms with van der Waals surface area (Å²) in [6.45, 7) is 4.43. The van der Waals surface area contributed by atoms with E-state index in [1.807, 2.05) is 11.8 Å². The number of ether oxygens (including phenoxy) is 2. The molecule has 2 aliphatic heterocycles. The Morgan fingerprint density at radius 1 is 1.36 bits per heavy atom. The maximum Gasteiger partial charge on any atom is 0.417 e. The van der Waals surface area contributed by atoms with E-state index < -0.39 is 11.7 Å². The van der Waals surface area contributed by atoms with Crippen LogP contribution >= 0.6 is 0 Å². The number of alkyl halides is 3. The molecule has 1 aromatic rings. The second-order valence-electron chi connectivity index (χ2n) is 6.05. The number of rotatable bonds is 1. The lowest BCUT2D eigenvalue weighted by Crippen LogP contribution is -2.58. The first-order valence-corrected chi connectivity index (χ1v) is 7.42. The van der Waals surface area contributed by atoms with E-state index in [-0.39, 0.29) is 11.7 Å². The second-order valence-corrected chi connectivity index (χ2v) is 6.05. The summed E-state index contributed by atoms with van der Waals surface area (Å²) in [6, 6.07) is 2.50. The number of pyridine rings is 1. The topological polar surface area (TPSA) is 34.6 Å². The molecule has 2 atom stereocenters. The van der Waals surface area contributed by atoms with Gasteiger partial charge in [0.05, 0.1) is 24.8 Å². The van der Waals surface area contributed by atoms with Crippen LogP contribution in [0.5, 0.6) is 0 Å². The van der Waals surface area contributed by atoms with Crippen molar-refractivity contribution >= 4 is 5.82 Å². The van der Waals surface area contributed by atoms with Crippen molar-refractivity contribution in [1.82, 2.24) is 4.98 Å². The van der Waals surface area contributed by atoms with Gasteiger partial charge in [0.15, 0.2) is 0 Å². The monoisotopic (exact) mass is 316 g/mol. The molecule has 0 radical (unpaired) electrons. The predicted octanol–water partition coefficient (Wildman–Crippen LogP) is 2.87. The van der Waals surface area contributed by atoms with Gasteiger partial charge in [-0.1, -0.05) is 0 Å². The molecule has 0 N–H and O–H groups in total. The molecule has 2 saturated heterocycles. The minimum absolute atomic E-state index is 0.0143. The van der Waals surface area contributed by atoms with Crippen LogP contribution in [0, 0.1) is 0 Å². The standard InChI is InChI=1S/C15H19F3N2O2/c1-11-8-20(9-14(22-11)5-2-6-21-10-14)13-4-3-12(7-19-13)15(16,17)18/h3-4,7,11H,2,5-6,8-10H2,1H3. The number of anilines is 1. The summed E-state index contributed by atoms with van der Waals surface area (Å²) in [5.74, 6) is 0.549. The third-order valence-corrected chi connectivity index (χ3v) is 4.09. The van der Waals surface area contributed by atoms with Gasteiger partial charge < -0.3 is 14.4 Å². The highest BCUT2D eigenvalue weighted by atomic mass is 19.4. The second kappa shape index (κ2) is 5.70. The molecule has 1 aromatic heterocycles. The Morgan fingerprint density at radius 2 is 2.18 bits per heavy atom. The van der Waals surface area contributed by atoms with Gasteiger partial charge in [0, 0.05) is 19.3 Å². The van der Waals surface area contributed by atoms with Crippen LogP contribution in [0.4, 0.5) is 19.0 Å². The molecule has 0 bridgehead atoms. The summed E-state index contributed by atoms with van der Waals surface area (Å²) < 4.78 is 49.5. The molecule has 2 aliphatic rings. The number of halogens is 3. The lowest BCUT2D eigenvalue weighted by molar-refractivity contribution is -0.160. The third kappa shape index (κ3) is 3.20. The van der Waals surface area contributed by atoms with Gasteiger partial charge in [0.1, 0.15) is 11.4 Å². The lowest BCUT2D eigenvalue weighted by Gasteiger charge is -2.47. The first-order valence-electron chi connectivity index (χ1n) is 7.42. The van der Waals surface area contributed by atoms with Gasteiger partial charge >= 0.3 is 6.18 Å². The summed E-state index contributed by atoms with van der Waals surface area (Å²) in [5, 5.41) is 0. The van der Waals surface area contributed by atoms with Crippen molar-refractivity contribution in [2.45, 2.75) is 37.6 Å². The van der Waals surface area contributed by atoms with E-state index in [9.17, 15) is 13.2 Å². The van der Waals surface area contributed by atoms with E-state index in [0.29, 0.717) is 25.5 Å². The van der Waals surface area contributed by atoms with Crippen molar-refractivity contribution in [3.63, 3.8) is 0 Å². The highest BCUT2D eigenvalue weighted by Crippen LogP contribution is 2.33. The first-order chi connectivity index (χ1) is 10.4. The SMILES string of the molecule is CC1CN(c2ccc(C(F)(F)F)cn2)CC2(CCCOC2)O1. The smallest absolute Gasteiger partial charge is 0.378 e. The maximum atomic E-state index is 12.6. The quantitative estimate of drug-likeness (QED) is 0.798. The fourth-order valence-electron chi connectivity index (χ4n) is 3.18. The average Bonchev–Trinajstić information content (AvgIpc) is 2.46. The molecule has 3 rings (SSSR count). The van der Waals surface area contributed by atoms with Crippen molar-refractivity contribution in [3.05, 3.63) is 23.9 Å².